The Balaban J connectivity index is 2.86. The fourth-order valence-electron chi connectivity index (χ4n) is 1.13. The van der Waals surface area contributed by atoms with E-state index in [0.29, 0.717) is 5.02 Å². The molecule has 0 bridgehead atoms. The second-order valence-electron chi connectivity index (χ2n) is 2.67. The lowest BCUT2D eigenvalue weighted by atomic mass is 10.1. The minimum absolute atomic E-state index is 0.260. The van der Waals surface area contributed by atoms with Crippen molar-refractivity contribution in [1.29, 1.82) is 5.26 Å². The molecule has 0 fully saturated rings. The van der Waals surface area contributed by atoms with Crippen LogP contribution in [0.3, 0.4) is 0 Å². The molecule has 0 aromatic heterocycles. The highest BCUT2D eigenvalue weighted by molar-refractivity contribution is 6.30. The van der Waals surface area contributed by atoms with E-state index in [-0.39, 0.29) is 6.04 Å². The van der Waals surface area contributed by atoms with Gasteiger partial charge in [-0.25, -0.2) is 0 Å². The Kier molecular flexibility index (Phi) is 3.75. The zero-order valence-corrected chi connectivity index (χ0v) is 8.17. The number of rotatable bonds is 3. The van der Waals surface area contributed by atoms with Gasteiger partial charge in [0.1, 0.15) is 6.04 Å². The number of nitrogens with one attached hydrogen (secondary N) is 1. The molecule has 0 heterocycles. The zero-order chi connectivity index (χ0) is 9.68. The SMILES string of the molecule is CCNC(C#N)c1cccc(Cl)c1. The van der Waals surface area contributed by atoms with Crippen LogP contribution < -0.4 is 5.32 Å². The van der Waals surface area contributed by atoms with Crippen LogP contribution in [0.15, 0.2) is 24.3 Å². The summed E-state index contributed by atoms with van der Waals surface area (Å²) in [6.45, 7) is 2.74. The van der Waals surface area contributed by atoms with Crippen LogP contribution in [0.25, 0.3) is 0 Å². The Morgan fingerprint density at radius 2 is 2.38 bits per heavy atom. The summed E-state index contributed by atoms with van der Waals surface area (Å²) < 4.78 is 0. The van der Waals surface area contributed by atoms with Crippen LogP contribution in [-0.2, 0) is 0 Å². The largest absolute Gasteiger partial charge is 0.298 e. The van der Waals surface area contributed by atoms with Crippen molar-refractivity contribution in [1.82, 2.24) is 5.32 Å². The van der Waals surface area contributed by atoms with Gasteiger partial charge in [-0.2, -0.15) is 5.26 Å². The van der Waals surface area contributed by atoms with Crippen LogP contribution in [0, 0.1) is 11.3 Å². The average Bonchev–Trinajstić information content (AvgIpc) is 2.14. The summed E-state index contributed by atoms with van der Waals surface area (Å²) in [5.74, 6) is 0. The molecule has 0 saturated carbocycles. The van der Waals surface area contributed by atoms with Gasteiger partial charge in [0.15, 0.2) is 0 Å². The molecule has 0 aliphatic carbocycles. The number of hydrogen-bond donors (Lipinski definition) is 1. The number of hydrogen-bond acceptors (Lipinski definition) is 2. The molecule has 0 saturated heterocycles. The van der Waals surface area contributed by atoms with Gasteiger partial charge in [-0.15, -0.1) is 0 Å². The van der Waals surface area contributed by atoms with Crippen molar-refractivity contribution in [3.05, 3.63) is 34.9 Å². The Hall–Kier alpha value is -1.04. The minimum Gasteiger partial charge on any atom is -0.298 e. The van der Waals surface area contributed by atoms with Gasteiger partial charge >= 0.3 is 0 Å². The zero-order valence-electron chi connectivity index (χ0n) is 7.42. The van der Waals surface area contributed by atoms with Gasteiger partial charge in [0.25, 0.3) is 0 Å². The van der Waals surface area contributed by atoms with Crippen molar-refractivity contribution in [3.63, 3.8) is 0 Å². The van der Waals surface area contributed by atoms with E-state index in [9.17, 15) is 0 Å². The van der Waals surface area contributed by atoms with E-state index in [0.717, 1.165) is 12.1 Å². The molecule has 3 heteroatoms. The summed E-state index contributed by atoms with van der Waals surface area (Å²) in [5.41, 5.74) is 0.914. The molecule has 0 amide bonds. The lowest BCUT2D eigenvalue weighted by molar-refractivity contribution is 0.658. The van der Waals surface area contributed by atoms with Crippen molar-refractivity contribution in [2.45, 2.75) is 13.0 Å². The fourth-order valence-corrected chi connectivity index (χ4v) is 1.33. The van der Waals surface area contributed by atoms with E-state index in [1.54, 1.807) is 12.1 Å². The molecule has 1 aromatic carbocycles. The quantitative estimate of drug-likeness (QED) is 0.803. The Morgan fingerprint density at radius 3 is 2.92 bits per heavy atom. The monoisotopic (exact) mass is 194 g/mol. The van der Waals surface area contributed by atoms with E-state index < -0.39 is 0 Å². The van der Waals surface area contributed by atoms with E-state index in [1.165, 1.54) is 0 Å². The third-order valence-corrected chi connectivity index (χ3v) is 1.95. The predicted octanol–water partition coefficient (Wildman–Crippen LogP) is 2.51. The number of benzene rings is 1. The van der Waals surface area contributed by atoms with Crippen molar-refractivity contribution in [2.75, 3.05) is 6.54 Å². The molecule has 13 heavy (non-hydrogen) atoms. The number of nitriles is 1. The number of nitrogens with zero attached hydrogens (tertiary/aromatic N) is 1. The van der Waals surface area contributed by atoms with Gasteiger partial charge in [-0.1, -0.05) is 30.7 Å². The number of halogens is 1. The molecule has 0 spiro atoms. The fraction of sp³-hybridized carbons (Fsp3) is 0.300. The molecule has 1 aromatic rings. The first-order valence-corrected chi connectivity index (χ1v) is 4.54. The Labute approximate surface area is 83.1 Å². The molecule has 0 aliphatic heterocycles. The van der Waals surface area contributed by atoms with Crippen LogP contribution >= 0.6 is 11.6 Å². The second-order valence-corrected chi connectivity index (χ2v) is 3.11. The molecule has 1 rings (SSSR count). The summed E-state index contributed by atoms with van der Waals surface area (Å²) in [4.78, 5) is 0. The van der Waals surface area contributed by atoms with Crippen LogP contribution in [0.5, 0.6) is 0 Å². The summed E-state index contributed by atoms with van der Waals surface area (Å²) in [5, 5.41) is 12.6. The average molecular weight is 195 g/mol. The second kappa shape index (κ2) is 4.86. The van der Waals surface area contributed by atoms with Crippen molar-refractivity contribution < 1.29 is 0 Å². The third-order valence-electron chi connectivity index (χ3n) is 1.72. The first-order chi connectivity index (χ1) is 6.27. The molecular weight excluding hydrogens is 184 g/mol. The molecule has 2 nitrogen and oxygen atoms in total. The highest BCUT2D eigenvalue weighted by atomic mass is 35.5. The molecule has 1 atom stereocenters. The van der Waals surface area contributed by atoms with Gasteiger partial charge in [0, 0.05) is 5.02 Å². The minimum atomic E-state index is -0.260. The van der Waals surface area contributed by atoms with Gasteiger partial charge < -0.3 is 0 Å². The van der Waals surface area contributed by atoms with Crippen molar-refractivity contribution in [2.24, 2.45) is 0 Å². The van der Waals surface area contributed by atoms with Gasteiger partial charge in [-0.3, -0.25) is 5.32 Å². The van der Waals surface area contributed by atoms with Crippen LogP contribution in [0.4, 0.5) is 0 Å². The summed E-state index contributed by atoms with van der Waals surface area (Å²) in [6, 6.07) is 9.25. The van der Waals surface area contributed by atoms with Crippen molar-refractivity contribution in [3.8, 4) is 6.07 Å². The molecule has 0 aliphatic rings. The van der Waals surface area contributed by atoms with E-state index in [4.69, 9.17) is 16.9 Å². The maximum absolute atomic E-state index is 8.85. The smallest absolute Gasteiger partial charge is 0.121 e. The summed E-state index contributed by atoms with van der Waals surface area (Å²) in [6.07, 6.45) is 0. The standard InChI is InChI=1S/C10H11ClN2/c1-2-13-10(7-12)8-4-3-5-9(11)6-8/h3-6,10,13H,2H2,1H3. The molecular formula is C10H11ClN2. The van der Waals surface area contributed by atoms with E-state index in [2.05, 4.69) is 11.4 Å². The van der Waals surface area contributed by atoms with Gasteiger partial charge in [-0.05, 0) is 24.2 Å². The first-order valence-electron chi connectivity index (χ1n) is 4.16. The third kappa shape index (κ3) is 2.73. The van der Waals surface area contributed by atoms with Gasteiger partial charge in [0.2, 0.25) is 0 Å². The maximum Gasteiger partial charge on any atom is 0.121 e. The lowest BCUT2D eigenvalue weighted by Gasteiger charge is -2.09. The molecule has 1 N–H and O–H groups in total. The highest BCUT2D eigenvalue weighted by Crippen LogP contribution is 2.16. The first kappa shape index (κ1) is 10.0. The Bertz CT molecular complexity index is 317. The topological polar surface area (TPSA) is 35.8 Å². The molecule has 68 valence electrons. The highest BCUT2D eigenvalue weighted by Gasteiger charge is 2.07. The van der Waals surface area contributed by atoms with Gasteiger partial charge in [0.05, 0.1) is 6.07 Å². The molecule has 0 radical (unpaired) electrons. The van der Waals surface area contributed by atoms with Crippen LogP contribution in [-0.4, -0.2) is 6.54 Å². The predicted molar refractivity (Wildman–Crippen MR) is 53.5 cm³/mol. The Morgan fingerprint density at radius 1 is 1.62 bits per heavy atom. The normalized spacial score (nSPS) is 12.1. The van der Waals surface area contributed by atoms with E-state index >= 15 is 0 Å². The van der Waals surface area contributed by atoms with E-state index in [1.807, 2.05) is 19.1 Å². The molecule has 1 unspecified atom stereocenters. The van der Waals surface area contributed by atoms with Crippen LogP contribution in [0.1, 0.15) is 18.5 Å². The summed E-state index contributed by atoms with van der Waals surface area (Å²) in [7, 11) is 0. The van der Waals surface area contributed by atoms with Crippen LogP contribution in [0.2, 0.25) is 5.02 Å². The van der Waals surface area contributed by atoms with Crippen molar-refractivity contribution >= 4 is 11.6 Å². The summed E-state index contributed by atoms with van der Waals surface area (Å²) >= 11 is 5.81. The maximum atomic E-state index is 8.85. The lowest BCUT2D eigenvalue weighted by Crippen LogP contribution is -2.18.